The van der Waals surface area contributed by atoms with Crippen LogP contribution in [0.5, 0.6) is 0 Å². The highest BCUT2D eigenvalue weighted by Crippen LogP contribution is 2.66. The molecule has 4 aliphatic rings. The highest BCUT2D eigenvalue weighted by atomic mass is 16.5. The molecule has 152 valence electrons. The van der Waals surface area contributed by atoms with Crippen molar-refractivity contribution < 1.29 is 14.6 Å². The fourth-order valence-electron chi connectivity index (χ4n) is 7.68. The second kappa shape index (κ2) is 6.69. The van der Waals surface area contributed by atoms with E-state index in [1.54, 1.807) is 12.5 Å². The Morgan fingerprint density at radius 3 is 2.70 bits per heavy atom. The van der Waals surface area contributed by atoms with Crippen molar-refractivity contribution in [2.75, 3.05) is 13.2 Å². The first-order valence-corrected chi connectivity index (χ1v) is 11.2. The lowest BCUT2D eigenvalue weighted by Gasteiger charge is -2.58. The average Bonchev–Trinajstić information content (AvgIpc) is 2.98. The molecule has 0 saturated heterocycles. The molecule has 0 heterocycles. The van der Waals surface area contributed by atoms with Gasteiger partial charge in [0.25, 0.3) is 0 Å². The third-order valence-corrected chi connectivity index (χ3v) is 9.24. The molecule has 0 unspecified atom stereocenters. The number of allylic oxidation sites excluding steroid dienone is 2. The molecule has 3 saturated carbocycles. The van der Waals surface area contributed by atoms with E-state index in [9.17, 15) is 9.90 Å². The number of aliphatic hydroxyl groups is 1. The molecule has 0 aromatic carbocycles. The zero-order valence-electron chi connectivity index (χ0n) is 17.7. The van der Waals surface area contributed by atoms with Gasteiger partial charge in [0.2, 0.25) is 0 Å². The largest absolute Gasteiger partial charge is 0.387 e. The lowest BCUT2D eigenvalue weighted by molar-refractivity contribution is -0.126. The van der Waals surface area contributed by atoms with Gasteiger partial charge in [0.1, 0.15) is 5.78 Å². The Labute approximate surface area is 164 Å². The van der Waals surface area contributed by atoms with Gasteiger partial charge in [0.15, 0.2) is 0 Å². The van der Waals surface area contributed by atoms with Crippen LogP contribution in [0.2, 0.25) is 0 Å². The Balaban J connectivity index is 1.59. The summed E-state index contributed by atoms with van der Waals surface area (Å²) in [4.78, 5) is 12.3. The predicted octanol–water partition coefficient (Wildman–Crippen LogP) is 4.92. The summed E-state index contributed by atoms with van der Waals surface area (Å²) in [5.74, 6) is 2.55. The van der Waals surface area contributed by atoms with Crippen molar-refractivity contribution in [1.29, 1.82) is 0 Å². The Bertz CT molecular complexity index is 640. The minimum Gasteiger partial charge on any atom is -0.387 e. The molecule has 0 spiro atoms. The van der Waals surface area contributed by atoms with E-state index in [0.29, 0.717) is 36.8 Å². The molecule has 1 N–H and O–H groups in total. The van der Waals surface area contributed by atoms with Gasteiger partial charge in [-0.3, -0.25) is 4.79 Å². The van der Waals surface area contributed by atoms with Gasteiger partial charge in [-0.05, 0) is 93.8 Å². The highest BCUT2D eigenvalue weighted by molar-refractivity contribution is 5.79. The third-order valence-electron chi connectivity index (χ3n) is 9.24. The number of rotatable bonds is 4. The van der Waals surface area contributed by atoms with Crippen molar-refractivity contribution in [2.24, 2.45) is 34.5 Å². The third kappa shape index (κ3) is 2.95. The lowest BCUT2D eigenvalue weighted by Crippen LogP contribution is -2.52. The maximum atomic E-state index is 12.3. The maximum Gasteiger partial charge on any atom is 0.133 e. The molecule has 4 aliphatic carbocycles. The highest BCUT2D eigenvalue weighted by Gasteiger charge is 2.59. The van der Waals surface area contributed by atoms with Crippen molar-refractivity contribution in [2.45, 2.75) is 84.7 Å². The van der Waals surface area contributed by atoms with Gasteiger partial charge in [-0.15, -0.1) is 0 Å². The van der Waals surface area contributed by atoms with Crippen molar-refractivity contribution in [3.8, 4) is 0 Å². The molecule has 0 aromatic rings. The summed E-state index contributed by atoms with van der Waals surface area (Å²) in [6, 6.07) is 0. The molecule has 0 radical (unpaired) electrons. The Morgan fingerprint density at radius 1 is 1.22 bits per heavy atom. The summed E-state index contributed by atoms with van der Waals surface area (Å²) < 4.78 is 5.60. The number of ketones is 1. The molecule has 0 aromatic heterocycles. The van der Waals surface area contributed by atoms with Crippen LogP contribution in [0.15, 0.2) is 11.6 Å². The zero-order chi connectivity index (χ0) is 19.4. The van der Waals surface area contributed by atoms with Gasteiger partial charge in [-0.2, -0.15) is 0 Å². The summed E-state index contributed by atoms with van der Waals surface area (Å²) in [5, 5.41) is 11.1. The molecule has 0 amide bonds. The fraction of sp³-hybridized carbons (Fsp3) is 0.875. The lowest BCUT2D eigenvalue weighted by atomic mass is 9.47. The number of hydrogen-bond acceptors (Lipinski definition) is 3. The molecular weight excluding hydrogens is 336 g/mol. The maximum absolute atomic E-state index is 12.3. The normalized spacial score (nSPS) is 49.0. The second-order valence-electron chi connectivity index (χ2n) is 10.6. The molecule has 3 heteroatoms. The van der Waals surface area contributed by atoms with E-state index in [1.165, 1.54) is 19.3 Å². The van der Waals surface area contributed by atoms with Gasteiger partial charge < -0.3 is 9.84 Å². The molecule has 0 aliphatic heterocycles. The second-order valence-corrected chi connectivity index (χ2v) is 10.6. The van der Waals surface area contributed by atoms with E-state index in [2.05, 4.69) is 19.9 Å². The number of carbonyl (C=O) groups excluding carboxylic acids is 1. The Hall–Kier alpha value is -0.670. The first-order chi connectivity index (χ1) is 12.7. The van der Waals surface area contributed by atoms with Crippen molar-refractivity contribution in [1.82, 2.24) is 0 Å². The number of hydrogen-bond donors (Lipinski definition) is 1. The SMILES string of the molecule is CCOC[C@@]1(O)CC[C@]2(C)C3=CC[C@]4(C)[C@@H](C(C)=O)CC[C@H]4[C@@H]3CC[C@@H]2C1. The van der Waals surface area contributed by atoms with E-state index in [1.807, 2.05) is 6.92 Å². The van der Waals surface area contributed by atoms with Gasteiger partial charge in [0.05, 0.1) is 12.2 Å². The van der Waals surface area contributed by atoms with Gasteiger partial charge in [0, 0.05) is 12.5 Å². The minimum absolute atomic E-state index is 0.174. The van der Waals surface area contributed by atoms with E-state index >= 15 is 0 Å². The molecule has 0 bridgehead atoms. The predicted molar refractivity (Wildman–Crippen MR) is 107 cm³/mol. The number of Topliss-reactive ketones (excluding diaryl/α,β-unsaturated/α-hetero) is 1. The fourth-order valence-corrected chi connectivity index (χ4v) is 7.68. The van der Waals surface area contributed by atoms with Crippen LogP contribution < -0.4 is 0 Å². The summed E-state index contributed by atoms with van der Waals surface area (Å²) in [6.45, 7) is 9.82. The molecular formula is C24H38O3. The Morgan fingerprint density at radius 2 is 2.00 bits per heavy atom. The van der Waals surface area contributed by atoms with Crippen LogP contribution in [0.3, 0.4) is 0 Å². The molecule has 3 fully saturated rings. The van der Waals surface area contributed by atoms with Gasteiger partial charge in [-0.25, -0.2) is 0 Å². The quantitative estimate of drug-likeness (QED) is 0.710. The van der Waals surface area contributed by atoms with Crippen LogP contribution in [0.4, 0.5) is 0 Å². The van der Waals surface area contributed by atoms with Gasteiger partial charge >= 0.3 is 0 Å². The Kier molecular flexibility index (Phi) is 4.87. The summed E-state index contributed by atoms with van der Waals surface area (Å²) in [5.41, 5.74) is 1.46. The number of fused-ring (bicyclic) bond motifs is 5. The smallest absolute Gasteiger partial charge is 0.133 e. The molecule has 7 atom stereocenters. The zero-order valence-corrected chi connectivity index (χ0v) is 17.7. The first-order valence-electron chi connectivity index (χ1n) is 11.2. The van der Waals surface area contributed by atoms with Crippen LogP contribution in [0, 0.1) is 34.5 Å². The van der Waals surface area contributed by atoms with Crippen LogP contribution in [-0.2, 0) is 9.53 Å². The van der Waals surface area contributed by atoms with E-state index < -0.39 is 5.60 Å². The summed E-state index contributed by atoms with van der Waals surface area (Å²) in [7, 11) is 0. The van der Waals surface area contributed by atoms with E-state index in [-0.39, 0.29) is 16.7 Å². The summed E-state index contributed by atoms with van der Waals surface area (Å²) in [6.07, 6.45) is 11.2. The van der Waals surface area contributed by atoms with Gasteiger partial charge in [-0.1, -0.05) is 25.5 Å². The molecule has 27 heavy (non-hydrogen) atoms. The van der Waals surface area contributed by atoms with Crippen LogP contribution >= 0.6 is 0 Å². The van der Waals surface area contributed by atoms with Crippen LogP contribution in [0.25, 0.3) is 0 Å². The topological polar surface area (TPSA) is 46.5 Å². The van der Waals surface area contributed by atoms with Crippen molar-refractivity contribution in [3.05, 3.63) is 11.6 Å². The van der Waals surface area contributed by atoms with Crippen molar-refractivity contribution >= 4 is 5.78 Å². The molecule has 3 nitrogen and oxygen atoms in total. The van der Waals surface area contributed by atoms with E-state index in [4.69, 9.17) is 4.74 Å². The first kappa shape index (κ1) is 19.6. The van der Waals surface area contributed by atoms with Crippen molar-refractivity contribution in [3.63, 3.8) is 0 Å². The number of ether oxygens (including phenoxy) is 1. The van der Waals surface area contributed by atoms with E-state index in [0.717, 1.165) is 32.1 Å². The molecule has 4 rings (SSSR count). The monoisotopic (exact) mass is 374 g/mol. The summed E-state index contributed by atoms with van der Waals surface area (Å²) >= 11 is 0. The minimum atomic E-state index is -0.635. The average molecular weight is 375 g/mol. The van der Waals surface area contributed by atoms with Crippen LogP contribution in [0.1, 0.15) is 79.1 Å². The standard InChI is InChI=1S/C24H38O3/c1-5-27-15-24(26)13-12-22(3)17(14-24)6-7-18-20-9-8-19(16(2)25)23(20,4)11-10-21(18)22/h10,17-20,26H,5-9,11-15H2,1-4H3/t17-,18+,19-,20+,22+,23-,24-/m1/s1. The number of carbonyl (C=O) groups is 1. The van der Waals surface area contributed by atoms with Crippen LogP contribution in [-0.4, -0.2) is 29.7 Å².